The number of aliphatic hydroxyl groups is 2. The zero-order valence-corrected chi connectivity index (χ0v) is 15.4. The van der Waals surface area contributed by atoms with Gasteiger partial charge in [-0.1, -0.05) is 0 Å². The SMILES string of the molecule is CNC(=O)CCCNC(CO)CNCC(CO)NCCCC(=O)NC. The van der Waals surface area contributed by atoms with Crippen molar-refractivity contribution in [2.45, 2.75) is 37.8 Å². The van der Waals surface area contributed by atoms with Gasteiger partial charge in [-0.2, -0.15) is 0 Å². The second-order valence-corrected chi connectivity index (χ2v) is 5.88. The molecule has 0 radical (unpaired) electrons. The molecule has 9 heteroatoms. The highest BCUT2D eigenvalue weighted by atomic mass is 16.3. The van der Waals surface area contributed by atoms with Crippen LogP contribution < -0.4 is 26.6 Å². The van der Waals surface area contributed by atoms with Crippen LogP contribution in [-0.2, 0) is 9.59 Å². The van der Waals surface area contributed by atoms with Gasteiger partial charge in [-0.3, -0.25) is 9.59 Å². The lowest BCUT2D eigenvalue weighted by atomic mass is 10.2. The fourth-order valence-corrected chi connectivity index (χ4v) is 2.19. The molecule has 0 saturated heterocycles. The lowest BCUT2D eigenvalue weighted by molar-refractivity contribution is -0.121. The first kappa shape index (κ1) is 23.7. The van der Waals surface area contributed by atoms with Crippen LogP contribution in [0.25, 0.3) is 0 Å². The Morgan fingerprint density at radius 2 is 1.20 bits per heavy atom. The molecule has 2 amide bonds. The third-order valence-electron chi connectivity index (χ3n) is 3.81. The number of carbonyl (C=O) groups is 2. The highest BCUT2D eigenvalue weighted by molar-refractivity contribution is 5.75. The van der Waals surface area contributed by atoms with E-state index in [1.807, 2.05) is 0 Å². The Morgan fingerprint density at radius 1 is 0.800 bits per heavy atom. The van der Waals surface area contributed by atoms with Gasteiger partial charge in [0, 0.05) is 52.1 Å². The van der Waals surface area contributed by atoms with E-state index in [1.165, 1.54) is 0 Å². The number of rotatable bonds is 16. The van der Waals surface area contributed by atoms with Gasteiger partial charge in [0.25, 0.3) is 0 Å². The quantitative estimate of drug-likeness (QED) is 0.151. The van der Waals surface area contributed by atoms with Gasteiger partial charge in [0.05, 0.1) is 13.2 Å². The number of hydrogen-bond acceptors (Lipinski definition) is 7. The summed E-state index contributed by atoms with van der Waals surface area (Å²) in [5.41, 5.74) is 0. The maximum atomic E-state index is 11.1. The van der Waals surface area contributed by atoms with Gasteiger partial charge in [-0.25, -0.2) is 0 Å². The Bertz CT molecular complexity index is 325. The molecule has 148 valence electrons. The molecule has 0 aromatic carbocycles. The summed E-state index contributed by atoms with van der Waals surface area (Å²) in [6, 6.07) is -0.199. The van der Waals surface area contributed by atoms with Crippen LogP contribution >= 0.6 is 0 Å². The van der Waals surface area contributed by atoms with E-state index < -0.39 is 0 Å². The molecule has 2 unspecified atom stereocenters. The normalized spacial score (nSPS) is 13.3. The summed E-state index contributed by atoms with van der Waals surface area (Å²) in [5, 5.41) is 33.5. The van der Waals surface area contributed by atoms with Gasteiger partial charge in [0.2, 0.25) is 11.8 Å². The number of hydrogen-bond donors (Lipinski definition) is 7. The molecule has 0 aliphatic rings. The average Bonchev–Trinajstić information content (AvgIpc) is 2.64. The van der Waals surface area contributed by atoms with Crippen molar-refractivity contribution in [1.82, 2.24) is 26.6 Å². The Morgan fingerprint density at radius 3 is 1.52 bits per heavy atom. The summed E-state index contributed by atoms with van der Waals surface area (Å²) < 4.78 is 0. The molecule has 25 heavy (non-hydrogen) atoms. The van der Waals surface area contributed by atoms with E-state index in [4.69, 9.17) is 0 Å². The number of nitrogens with one attached hydrogen (secondary N) is 5. The van der Waals surface area contributed by atoms with Crippen LogP contribution in [0, 0.1) is 0 Å². The molecule has 0 aliphatic carbocycles. The Balaban J connectivity index is 3.78. The zero-order chi connectivity index (χ0) is 18.9. The predicted octanol–water partition coefficient (Wildman–Crippen LogP) is -2.47. The van der Waals surface area contributed by atoms with E-state index in [-0.39, 0.29) is 37.1 Å². The van der Waals surface area contributed by atoms with E-state index in [0.717, 1.165) is 0 Å². The standard InChI is InChI=1S/C16H35N5O4/c1-17-15(24)5-3-7-20-13(11-22)9-19-10-14(12-23)21-8-4-6-16(25)18-2/h13-14,19-23H,3-12H2,1-2H3,(H,17,24)(H,18,25). The van der Waals surface area contributed by atoms with Crippen molar-refractivity contribution in [2.24, 2.45) is 0 Å². The molecule has 2 atom stereocenters. The van der Waals surface area contributed by atoms with E-state index in [9.17, 15) is 19.8 Å². The minimum absolute atomic E-state index is 0.00365. The van der Waals surface area contributed by atoms with Crippen molar-refractivity contribution >= 4 is 11.8 Å². The Labute approximate surface area is 150 Å². The first-order chi connectivity index (χ1) is 12.1. The average molecular weight is 361 g/mol. The van der Waals surface area contributed by atoms with Crippen molar-refractivity contribution in [3.8, 4) is 0 Å². The fraction of sp³-hybridized carbons (Fsp3) is 0.875. The molecule has 0 heterocycles. The van der Waals surface area contributed by atoms with Gasteiger partial charge >= 0.3 is 0 Å². The molecular weight excluding hydrogens is 326 g/mol. The molecule has 0 saturated carbocycles. The minimum Gasteiger partial charge on any atom is -0.395 e. The van der Waals surface area contributed by atoms with Crippen LogP contribution in [0.2, 0.25) is 0 Å². The molecule has 0 rings (SSSR count). The third-order valence-corrected chi connectivity index (χ3v) is 3.81. The van der Waals surface area contributed by atoms with E-state index in [2.05, 4.69) is 26.6 Å². The molecule has 7 N–H and O–H groups in total. The molecule has 9 nitrogen and oxygen atoms in total. The molecule has 0 aliphatic heterocycles. The van der Waals surface area contributed by atoms with E-state index >= 15 is 0 Å². The third kappa shape index (κ3) is 13.7. The zero-order valence-electron chi connectivity index (χ0n) is 15.4. The second-order valence-electron chi connectivity index (χ2n) is 5.88. The fourth-order valence-electron chi connectivity index (χ4n) is 2.19. The Kier molecular flexibility index (Phi) is 15.4. The molecule has 0 fully saturated rings. The van der Waals surface area contributed by atoms with E-state index in [0.29, 0.717) is 51.9 Å². The summed E-state index contributed by atoms with van der Waals surface area (Å²) >= 11 is 0. The van der Waals surface area contributed by atoms with Gasteiger partial charge in [-0.15, -0.1) is 0 Å². The van der Waals surface area contributed by atoms with Crippen LogP contribution in [0.5, 0.6) is 0 Å². The molecule has 0 spiro atoms. The summed E-state index contributed by atoms with van der Waals surface area (Å²) in [4.78, 5) is 22.2. The molecule has 0 bridgehead atoms. The maximum absolute atomic E-state index is 11.1. The smallest absolute Gasteiger partial charge is 0.219 e. The number of aliphatic hydroxyl groups excluding tert-OH is 2. The summed E-state index contributed by atoms with van der Waals surface area (Å²) in [5.74, 6) is 0.0162. The summed E-state index contributed by atoms with van der Waals surface area (Å²) in [7, 11) is 3.22. The van der Waals surface area contributed by atoms with Crippen molar-refractivity contribution in [3.63, 3.8) is 0 Å². The van der Waals surface area contributed by atoms with Crippen LogP contribution in [0.4, 0.5) is 0 Å². The van der Waals surface area contributed by atoms with Crippen LogP contribution in [-0.4, -0.2) is 87.6 Å². The van der Waals surface area contributed by atoms with Gasteiger partial charge in [0.15, 0.2) is 0 Å². The van der Waals surface area contributed by atoms with Gasteiger partial charge < -0.3 is 36.8 Å². The lowest BCUT2D eigenvalue weighted by Crippen LogP contribution is -2.47. The minimum atomic E-state index is -0.0997. The highest BCUT2D eigenvalue weighted by Crippen LogP contribution is 1.90. The monoisotopic (exact) mass is 361 g/mol. The first-order valence-corrected chi connectivity index (χ1v) is 8.87. The van der Waals surface area contributed by atoms with Crippen LogP contribution in [0.3, 0.4) is 0 Å². The topological polar surface area (TPSA) is 135 Å². The predicted molar refractivity (Wildman–Crippen MR) is 97.2 cm³/mol. The number of carbonyl (C=O) groups excluding carboxylic acids is 2. The maximum Gasteiger partial charge on any atom is 0.219 e. The summed E-state index contributed by atoms with van der Waals surface area (Å²) in [6.07, 6.45) is 2.34. The van der Waals surface area contributed by atoms with Crippen molar-refractivity contribution < 1.29 is 19.8 Å². The van der Waals surface area contributed by atoms with E-state index in [1.54, 1.807) is 14.1 Å². The highest BCUT2D eigenvalue weighted by Gasteiger charge is 2.10. The lowest BCUT2D eigenvalue weighted by Gasteiger charge is -2.20. The second kappa shape index (κ2) is 16.2. The summed E-state index contributed by atoms with van der Waals surface area (Å²) in [6.45, 7) is 2.43. The van der Waals surface area contributed by atoms with Crippen molar-refractivity contribution in [2.75, 3.05) is 53.5 Å². The van der Waals surface area contributed by atoms with Crippen LogP contribution in [0.15, 0.2) is 0 Å². The number of amides is 2. The van der Waals surface area contributed by atoms with Crippen molar-refractivity contribution in [1.29, 1.82) is 0 Å². The van der Waals surface area contributed by atoms with Crippen LogP contribution in [0.1, 0.15) is 25.7 Å². The first-order valence-electron chi connectivity index (χ1n) is 8.87. The Hall–Kier alpha value is -1.26. The largest absolute Gasteiger partial charge is 0.395 e. The van der Waals surface area contributed by atoms with Gasteiger partial charge in [-0.05, 0) is 25.9 Å². The molecular formula is C16H35N5O4. The molecule has 0 aromatic heterocycles. The van der Waals surface area contributed by atoms with Crippen molar-refractivity contribution in [3.05, 3.63) is 0 Å². The van der Waals surface area contributed by atoms with Gasteiger partial charge in [0.1, 0.15) is 0 Å². The molecule has 0 aromatic rings.